The van der Waals surface area contributed by atoms with Gasteiger partial charge >= 0.3 is 6.09 Å². The molecule has 1 amide bonds. The number of benzene rings is 3. The van der Waals surface area contributed by atoms with E-state index in [0.29, 0.717) is 49.1 Å². The van der Waals surface area contributed by atoms with Crippen LogP contribution in [0.4, 0.5) is 4.79 Å². The maximum Gasteiger partial charge on any atom is 0.410 e. The van der Waals surface area contributed by atoms with E-state index in [1.165, 1.54) is 0 Å². The number of hydrogen-bond donors (Lipinski definition) is 1. The van der Waals surface area contributed by atoms with Crippen LogP contribution in [0.15, 0.2) is 66.7 Å². The highest BCUT2D eigenvalue weighted by Gasteiger charge is 2.35. The molecule has 1 aliphatic rings. The predicted molar refractivity (Wildman–Crippen MR) is 151 cm³/mol. The first-order valence-corrected chi connectivity index (χ1v) is 13.2. The topological polar surface area (TPSA) is 89.9 Å². The van der Waals surface area contributed by atoms with Crippen molar-refractivity contribution in [3.8, 4) is 23.0 Å². The lowest BCUT2D eigenvalue weighted by Crippen LogP contribution is -2.55. The number of aliphatic hydroxyl groups excluding tert-OH is 1. The fraction of sp³-hybridized carbons (Fsp3) is 0.387. The van der Waals surface area contributed by atoms with Crippen molar-refractivity contribution >= 4 is 6.09 Å². The van der Waals surface area contributed by atoms with Crippen LogP contribution in [0.25, 0.3) is 0 Å². The first kappa shape index (κ1) is 29.0. The van der Waals surface area contributed by atoms with Gasteiger partial charge in [0.25, 0.3) is 0 Å². The van der Waals surface area contributed by atoms with Gasteiger partial charge in [0, 0.05) is 48.9 Å². The average Bonchev–Trinajstić information content (AvgIpc) is 3.00. The number of rotatable bonds is 11. The molecular formula is C31H38N2O7. The number of methoxy groups -OCH3 is 4. The molecule has 1 heterocycles. The summed E-state index contributed by atoms with van der Waals surface area (Å²) in [6, 6.07) is 20.8. The third-order valence-electron chi connectivity index (χ3n) is 7.21. The first-order chi connectivity index (χ1) is 19.4. The van der Waals surface area contributed by atoms with Crippen molar-refractivity contribution in [2.75, 3.05) is 41.5 Å². The summed E-state index contributed by atoms with van der Waals surface area (Å²) in [5.41, 5.74) is 2.82. The van der Waals surface area contributed by atoms with Crippen LogP contribution in [0.2, 0.25) is 0 Å². The van der Waals surface area contributed by atoms with E-state index >= 15 is 0 Å². The number of ether oxygens (including phenoxy) is 5. The highest BCUT2D eigenvalue weighted by atomic mass is 16.6. The van der Waals surface area contributed by atoms with Gasteiger partial charge in [0.1, 0.15) is 29.6 Å². The van der Waals surface area contributed by atoms with Gasteiger partial charge in [0.2, 0.25) is 0 Å². The smallest absolute Gasteiger partial charge is 0.410 e. The normalized spacial score (nSPS) is 16.9. The Morgan fingerprint density at radius 1 is 0.850 bits per heavy atom. The molecule has 2 atom stereocenters. The van der Waals surface area contributed by atoms with Crippen molar-refractivity contribution in [1.82, 2.24) is 9.80 Å². The van der Waals surface area contributed by atoms with E-state index in [0.717, 1.165) is 16.7 Å². The Balaban J connectivity index is 1.53. The molecule has 3 aromatic rings. The Hall–Kier alpha value is -3.95. The Morgan fingerprint density at radius 2 is 1.43 bits per heavy atom. The molecule has 0 radical (unpaired) electrons. The average molecular weight is 551 g/mol. The van der Waals surface area contributed by atoms with Crippen LogP contribution in [0, 0.1) is 0 Å². The Bertz CT molecular complexity index is 1200. The lowest BCUT2D eigenvalue weighted by molar-refractivity contribution is -0.0208. The largest absolute Gasteiger partial charge is 0.497 e. The minimum atomic E-state index is -0.786. The quantitative estimate of drug-likeness (QED) is 0.374. The summed E-state index contributed by atoms with van der Waals surface area (Å²) in [6.07, 6.45) is -0.647. The van der Waals surface area contributed by atoms with Crippen LogP contribution >= 0.6 is 0 Å². The van der Waals surface area contributed by atoms with Crippen LogP contribution in [0.5, 0.6) is 23.0 Å². The van der Waals surface area contributed by atoms with E-state index < -0.39 is 12.2 Å². The van der Waals surface area contributed by atoms with Gasteiger partial charge in [-0.2, -0.15) is 0 Å². The van der Waals surface area contributed by atoms with Crippen LogP contribution in [0.3, 0.4) is 0 Å². The summed E-state index contributed by atoms with van der Waals surface area (Å²) >= 11 is 0. The third-order valence-corrected chi connectivity index (χ3v) is 7.21. The molecule has 0 bridgehead atoms. The molecule has 1 N–H and O–H groups in total. The second-order valence-electron chi connectivity index (χ2n) is 9.67. The summed E-state index contributed by atoms with van der Waals surface area (Å²) in [7, 11) is 6.49. The molecule has 9 nitrogen and oxygen atoms in total. The number of nitrogens with zero attached hydrogens (tertiary/aromatic N) is 2. The zero-order valence-corrected chi connectivity index (χ0v) is 23.5. The van der Waals surface area contributed by atoms with Crippen LogP contribution < -0.4 is 18.9 Å². The Kier molecular flexibility index (Phi) is 10.1. The second-order valence-corrected chi connectivity index (χ2v) is 9.67. The third kappa shape index (κ3) is 7.16. The summed E-state index contributed by atoms with van der Waals surface area (Å²) in [4.78, 5) is 16.6. The molecule has 1 fully saturated rings. The van der Waals surface area contributed by atoms with Crippen LogP contribution in [-0.4, -0.2) is 74.7 Å². The number of aliphatic hydroxyl groups is 1. The number of carbonyl (C=O) groups excluding carboxylic acids is 1. The molecule has 40 heavy (non-hydrogen) atoms. The van der Waals surface area contributed by atoms with Crippen molar-refractivity contribution in [3.63, 3.8) is 0 Å². The fourth-order valence-electron chi connectivity index (χ4n) is 5.01. The molecule has 0 aromatic heterocycles. The molecule has 1 aliphatic heterocycles. The molecule has 3 aromatic carbocycles. The van der Waals surface area contributed by atoms with Gasteiger partial charge in [-0.05, 0) is 24.1 Å². The molecule has 214 valence electrons. The summed E-state index contributed by atoms with van der Waals surface area (Å²) in [6.45, 7) is 1.83. The molecule has 9 heteroatoms. The van der Waals surface area contributed by atoms with E-state index in [2.05, 4.69) is 4.90 Å². The zero-order chi connectivity index (χ0) is 28.5. The summed E-state index contributed by atoms with van der Waals surface area (Å²) < 4.78 is 27.6. The molecule has 0 aliphatic carbocycles. The number of amides is 1. The van der Waals surface area contributed by atoms with Gasteiger partial charge in [0.15, 0.2) is 0 Å². The van der Waals surface area contributed by atoms with Gasteiger partial charge in [-0.25, -0.2) is 4.79 Å². The molecule has 0 spiro atoms. The minimum absolute atomic E-state index is 0.175. The van der Waals surface area contributed by atoms with Crippen molar-refractivity contribution < 1.29 is 33.6 Å². The van der Waals surface area contributed by atoms with E-state index in [-0.39, 0.29) is 19.2 Å². The molecule has 2 unspecified atom stereocenters. The first-order valence-electron chi connectivity index (χ1n) is 13.2. The summed E-state index contributed by atoms with van der Waals surface area (Å²) in [5.74, 6) is 2.79. The highest BCUT2D eigenvalue weighted by molar-refractivity contribution is 5.67. The highest BCUT2D eigenvalue weighted by Crippen LogP contribution is 2.32. The van der Waals surface area contributed by atoms with Gasteiger partial charge < -0.3 is 33.7 Å². The molecule has 1 saturated heterocycles. The number of β-amino-alcohol motifs (C(OH)–C–C–N with tert-alkyl or cyclic N) is 1. The van der Waals surface area contributed by atoms with Gasteiger partial charge in [-0.3, -0.25) is 4.90 Å². The SMILES string of the molecule is COc1ccc(CN(Cc2ccc(OC)cc2OC)C2CCN(C(=O)OCc3ccccc3)CC2O)c(OC)c1. The van der Waals surface area contributed by atoms with Crippen molar-refractivity contribution in [2.45, 2.75) is 38.3 Å². The van der Waals surface area contributed by atoms with E-state index in [4.69, 9.17) is 23.7 Å². The minimum Gasteiger partial charge on any atom is -0.497 e. The standard InChI is InChI=1S/C31H38N2O7/c1-36-25-12-10-23(29(16-25)38-3)18-33(19-24-11-13-26(37-2)17-30(24)39-4)27-14-15-32(20-28(27)34)31(35)40-21-22-8-6-5-7-9-22/h5-13,16-17,27-28,34H,14-15,18-21H2,1-4H3. The van der Waals surface area contributed by atoms with E-state index in [9.17, 15) is 9.90 Å². The molecule has 4 rings (SSSR count). The van der Waals surface area contributed by atoms with E-state index in [1.807, 2.05) is 66.7 Å². The molecule has 0 saturated carbocycles. The zero-order valence-electron chi connectivity index (χ0n) is 23.5. The van der Waals surface area contributed by atoms with Crippen molar-refractivity contribution in [3.05, 3.63) is 83.4 Å². The number of likely N-dealkylation sites (tertiary alicyclic amines) is 1. The van der Waals surface area contributed by atoms with E-state index in [1.54, 1.807) is 33.3 Å². The Labute approximate surface area is 235 Å². The van der Waals surface area contributed by atoms with Crippen LogP contribution in [0.1, 0.15) is 23.1 Å². The number of hydrogen-bond acceptors (Lipinski definition) is 8. The maximum atomic E-state index is 12.8. The van der Waals surface area contributed by atoms with Gasteiger partial charge in [-0.15, -0.1) is 0 Å². The monoisotopic (exact) mass is 550 g/mol. The number of piperidine rings is 1. The fourth-order valence-corrected chi connectivity index (χ4v) is 5.01. The lowest BCUT2D eigenvalue weighted by atomic mass is 9.98. The number of carbonyl (C=O) groups is 1. The van der Waals surface area contributed by atoms with Gasteiger partial charge in [-0.1, -0.05) is 42.5 Å². The second kappa shape index (κ2) is 13.9. The van der Waals surface area contributed by atoms with Crippen molar-refractivity contribution in [2.24, 2.45) is 0 Å². The lowest BCUT2D eigenvalue weighted by Gasteiger charge is -2.41. The molecular weight excluding hydrogens is 512 g/mol. The van der Waals surface area contributed by atoms with Crippen molar-refractivity contribution in [1.29, 1.82) is 0 Å². The maximum absolute atomic E-state index is 12.8. The Morgan fingerprint density at radius 3 is 1.93 bits per heavy atom. The van der Waals surface area contributed by atoms with Crippen LogP contribution in [-0.2, 0) is 24.4 Å². The van der Waals surface area contributed by atoms with Gasteiger partial charge in [0.05, 0.1) is 41.1 Å². The summed E-state index contributed by atoms with van der Waals surface area (Å²) in [5, 5.41) is 11.3. The predicted octanol–water partition coefficient (Wildman–Crippen LogP) is 4.50.